The van der Waals surface area contributed by atoms with E-state index >= 15 is 0 Å². The molecule has 0 saturated carbocycles. The number of rotatable bonds is 3. The molecule has 0 amide bonds. The van der Waals surface area contributed by atoms with E-state index in [9.17, 15) is 0 Å². The van der Waals surface area contributed by atoms with Crippen LogP contribution < -0.4 is 5.73 Å². The van der Waals surface area contributed by atoms with Crippen LogP contribution in [0.4, 0.5) is 0 Å². The number of piperidine rings is 1. The summed E-state index contributed by atoms with van der Waals surface area (Å²) in [4.78, 5) is 7.28. The molecule has 0 aromatic carbocycles. The molecule has 2 N–H and O–H groups in total. The minimum atomic E-state index is 0.153. The number of imidazole rings is 1. The third kappa shape index (κ3) is 2.56. The standard InChI is InChI=1S/C15H26N4/c1-2-18-9-4-3-6-12(18)10-15-17-11-13-7-5-8-14(16)19(13)15/h11-12,14H,2-10,16H2,1H3. The minimum Gasteiger partial charge on any atom is -0.316 e. The molecule has 0 spiro atoms. The van der Waals surface area contributed by atoms with Crippen molar-refractivity contribution in [1.29, 1.82) is 0 Å². The second-order valence-electron chi connectivity index (χ2n) is 5.98. The Bertz CT molecular complexity index is 426. The van der Waals surface area contributed by atoms with Gasteiger partial charge >= 0.3 is 0 Å². The summed E-state index contributed by atoms with van der Waals surface area (Å²) in [7, 11) is 0. The van der Waals surface area contributed by atoms with Gasteiger partial charge in [-0.1, -0.05) is 13.3 Å². The van der Waals surface area contributed by atoms with Gasteiger partial charge in [0.25, 0.3) is 0 Å². The Balaban J connectivity index is 1.77. The van der Waals surface area contributed by atoms with Gasteiger partial charge < -0.3 is 15.2 Å². The first-order valence-corrected chi connectivity index (χ1v) is 7.84. The van der Waals surface area contributed by atoms with E-state index in [1.807, 2.05) is 6.20 Å². The highest BCUT2D eigenvalue weighted by Gasteiger charge is 2.26. The third-order valence-electron chi connectivity index (χ3n) is 4.79. The second kappa shape index (κ2) is 5.63. The molecule has 1 saturated heterocycles. The average molecular weight is 262 g/mol. The molecule has 3 rings (SSSR count). The number of nitrogens with zero attached hydrogens (tertiary/aromatic N) is 3. The summed E-state index contributed by atoms with van der Waals surface area (Å²) in [6.45, 7) is 4.68. The summed E-state index contributed by atoms with van der Waals surface area (Å²) < 4.78 is 2.31. The van der Waals surface area contributed by atoms with Crippen LogP contribution in [0, 0.1) is 0 Å². The number of likely N-dealkylation sites (tertiary alicyclic amines) is 1. The van der Waals surface area contributed by atoms with Gasteiger partial charge in [-0.15, -0.1) is 0 Å². The predicted molar refractivity (Wildman–Crippen MR) is 77.0 cm³/mol. The van der Waals surface area contributed by atoms with Crippen LogP contribution in [0.3, 0.4) is 0 Å². The van der Waals surface area contributed by atoms with Crippen LogP contribution in [0.2, 0.25) is 0 Å². The fourth-order valence-electron chi connectivity index (χ4n) is 3.72. The van der Waals surface area contributed by atoms with Gasteiger partial charge in [0.05, 0.1) is 6.17 Å². The summed E-state index contributed by atoms with van der Waals surface area (Å²) in [6, 6.07) is 0.666. The Morgan fingerprint density at radius 2 is 2.21 bits per heavy atom. The van der Waals surface area contributed by atoms with Crippen LogP contribution in [-0.2, 0) is 12.8 Å². The van der Waals surface area contributed by atoms with E-state index in [0.717, 1.165) is 25.8 Å². The fourth-order valence-corrected chi connectivity index (χ4v) is 3.72. The summed E-state index contributed by atoms with van der Waals surface area (Å²) in [5, 5.41) is 0. The molecule has 0 aliphatic carbocycles. The van der Waals surface area contributed by atoms with Gasteiger partial charge in [-0.25, -0.2) is 4.98 Å². The molecule has 2 aliphatic rings. The zero-order valence-electron chi connectivity index (χ0n) is 12.0. The van der Waals surface area contributed by atoms with Crippen molar-refractivity contribution < 1.29 is 0 Å². The lowest BCUT2D eigenvalue weighted by molar-refractivity contribution is 0.152. The summed E-state index contributed by atoms with van der Waals surface area (Å²) in [6.07, 6.45) is 10.7. The summed E-state index contributed by atoms with van der Waals surface area (Å²) >= 11 is 0. The van der Waals surface area contributed by atoms with Crippen LogP contribution in [0.1, 0.15) is 56.7 Å². The highest BCUT2D eigenvalue weighted by atomic mass is 15.2. The maximum Gasteiger partial charge on any atom is 0.111 e. The molecule has 2 unspecified atom stereocenters. The Morgan fingerprint density at radius 3 is 3.05 bits per heavy atom. The van der Waals surface area contributed by atoms with Crippen molar-refractivity contribution in [3.8, 4) is 0 Å². The average Bonchev–Trinajstić information content (AvgIpc) is 2.84. The van der Waals surface area contributed by atoms with Gasteiger partial charge in [0, 0.05) is 24.4 Å². The molecule has 106 valence electrons. The Kier molecular flexibility index (Phi) is 3.89. The van der Waals surface area contributed by atoms with E-state index in [4.69, 9.17) is 5.73 Å². The minimum absolute atomic E-state index is 0.153. The van der Waals surface area contributed by atoms with Gasteiger partial charge in [0.1, 0.15) is 5.82 Å². The number of likely N-dealkylation sites (N-methyl/N-ethyl adjacent to an activating group) is 1. The summed E-state index contributed by atoms with van der Waals surface area (Å²) in [5.74, 6) is 1.22. The molecule has 0 radical (unpaired) electrons. The molecule has 2 atom stereocenters. The Labute approximate surface area is 116 Å². The fraction of sp³-hybridized carbons (Fsp3) is 0.800. The zero-order chi connectivity index (χ0) is 13.2. The molecule has 1 aromatic heterocycles. The molecular weight excluding hydrogens is 236 g/mol. The summed E-state index contributed by atoms with van der Waals surface area (Å²) in [5.41, 5.74) is 7.61. The zero-order valence-corrected chi connectivity index (χ0v) is 12.0. The maximum atomic E-state index is 6.27. The number of fused-ring (bicyclic) bond motifs is 1. The number of nitrogens with two attached hydrogens (primary N) is 1. The van der Waals surface area contributed by atoms with E-state index < -0.39 is 0 Å². The van der Waals surface area contributed by atoms with Gasteiger partial charge in [-0.05, 0) is 45.2 Å². The largest absolute Gasteiger partial charge is 0.316 e. The topological polar surface area (TPSA) is 47.1 Å². The molecule has 3 heterocycles. The second-order valence-corrected chi connectivity index (χ2v) is 5.98. The van der Waals surface area contributed by atoms with Crippen molar-refractivity contribution >= 4 is 0 Å². The van der Waals surface area contributed by atoms with Gasteiger partial charge in [-0.2, -0.15) is 0 Å². The number of hydrogen-bond acceptors (Lipinski definition) is 3. The normalized spacial score (nSPS) is 28.3. The van der Waals surface area contributed by atoms with Crippen LogP contribution in [0.25, 0.3) is 0 Å². The molecule has 1 aromatic rings. The number of hydrogen-bond donors (Lipinski definition) is 1. The van der Waals surface area contributed by atoms with Crippen molar-refractivity contribution in [2.45, 2.75) is 64.1 Å². The lowest BCUT2D eigenvalue weighted by Gasteiger charge is -2.35. The van der Waals surface area contributed by atoms with Crippen molar-refractivity contribution in [3.05, 3.63) is 17.7 Å². The molecule has 0 bridgehead atoms. The molecule has 1 fully saturated rings. The Morgan fingerprint density at radius 1 is 1.32 bits per heavy atom. The van der Waals surface area contributed by atoms with E-state index in [-0.39, 0.29) is 6.17 Å². The first kappa shape index (κ1) is 13.1. The van der Waals surface area contributed by atoms with Crippen molar-refractivity contribution in [2.24, 2.45) is 5.73 Å². The van der Waals surface area contributed by atoms with Crippen LogP contribution in [-0.4, -0.2) is 33.6 Å². The number of aryl methyl sites for hydroxylation is 1. The first-order valence-electron chi connectivity index (χ1n) is 7.84. The lowest BCUT2D eigenvalue weighted by atomic mass is 9.98. The van der Waals surface area contributed by atoms with Crippen LogP contribution in [0.15, 0.2) is 6.20 Å². The molecule has 4 nitrogen and oxygen atoms in total. The highest BCUT2D eigenvalue weighted by Crippen LogP contribution is 2.26. The highest BCUT2D eigenvalue weighted by molar-refractivity contribution is 5.11. The van der Waals surface area contributed by atoms with Crippen molar-refractivity contribution in [3.63, 3.8) is 0 Å². The van der Waals surface area contributed by atoms with Gasteiger partial charge in [0.15, 0.2) is 0 Å². The van der Waals surface area contributed by atoms with Crippen molar-refractivity contribution in [2.75, 3.05) is 13.1 Å². The van der Waals surface area contributed by atoms with Crippen LogP contribution in [0.5, 0.6) is 0 Å². The SMILES string of the molecule is CCN1CCCCC1Cc1ncc2n1C(N)CCC2. The van der Waals surface area contributed by atoms with E-state index in [2.05, 4.69) is 21.4 Å². The first-order chi connectivity index (χ1) is 9.29. The van der Waals surface area contributed by atoms with E-state index in [0.29, 0.717) is 6.04 Å². The molecular formula is C15H26N4. The lowest BCUT2D eigenvalue weighted by Crippen LogP contribution is -2.41. The maximum absolute atomic E-state index is 6.27. The monoisotopic (exact) mass is 262 g/mol. The molecule has 4 heteroatoms. The molecule has 19 heavy (non-hydrogen) atoms. The number of aromatic nitrogens is 2. The predicted octanol–water partition coefficient (Wildman–Crippen LogP) is 2.09. The Hall–Kier alpha value is -0.870. The van der Waals surface area contributed by atoms with E-state index in [1.165, 1.54) is 43.7 Å². The van der Waals surface area contributed by atoms with Gasteiger partial charge in [0.2, 0.25) is 0 Å². The van der Waals surface area contributed by atoms with Crippen LogP contribution >= 0.6 is 0 Å². The molecule has 2 aliphatic heterocycles. The quantitative estimate of drug-likeness (QED) is 0.907. The van der Waals surface area contributed by atoms with Gasteiger partial charge in [-0.3, -0.25) is 0 Å². The smallest absolute Gasteiger partial charge is 0.111 e. The third-order valence-corrected chi connectivity index (χ3v) is 4.79. The van der Waals surface area contributed by atoms with E-state index in [1.54, 1.807) is 0 Å². The van der Waals surface area contributed by atoms with Crippen molar-refractivity contribution in [1.82, 2.24) is 14.5 Å².